The fourth-order valence-electron chi connectivity index (χ4n) is 0.312. The van der Waals surface area contributed by atoms with Crippen LogP contribution in [0.25, 0.3) is 0 Å². The molecule has 0 bridgehead atoms. The van der Waals surface area contributed by atoms with Crippen LogP contribution in [0.4, 0.5) is 22.0 Å². The maximum Gasteiger partial charge on any atom is 0.397 e. The van der Waals surface area contributed by atoms with Crippen LogP contribution >= 0.6 is 23.2 Å². The van der Waals surface area contributed by atoms with Crippen LogP contribution in [0.2, 0.25) is 0 Å². The van der Waals surface area contributed by atoms with Crippen LogP contribution in [0.15, 0.2) is 0 Å². The van der Waals surface area contributed by atoms with E-state index in [1.54, 1.807) is 0 Å². The molecule has 0 unspecified atom stereocenters. The molecule has 0 aliphatic heterocycles. The van der Waals surface area contributed by atoms with Crippen molar-refractivity contribution >= 4 is 29.2 Å². The van der Waals surface area contributed by atoms with Crippen LogP contribution in [0.5, 0.6) is 0 Å². The van der Waals surface area contributed by atoms with Gasteiger partial charge in [-0.05, 0) is 11.6 Å². The number of carbonyl (C=O) groups is 1. The predicted molar refractivity (Wildman–Crippen MR) is 33.1 cm³/mol. The number of aliphatic carboxylic acids is 1. The molecule has 2 nitrogen and oxygen atoms in total. The summed E-state index contributed by atoms with van der Waals surface area (Å²) in [7, 11) is 0. The van der Waals surface area contributed by atoms with Gasteiger partial charge in [-0.25, -0.2) is 9.18 Å². The van der Waals surface area contributed by atoms with E-state index in [1.165, 1.54) is 0 Å². The molecule has 0 aromatic carbocycles. The van der Waals surface area contributed by atoms with E-state index >= 15 is 0 Å². The quantitative estimate of drug-likeness (QED) is 0.614. The third-order valence-corrected chi connectivity index (χ3v) is 1.85. The van der Waals surface area contributed by atoms with Crippen molar-refractivity contribution in [2.24, 2.45) is 0 Å². The minimum absolute atomic E-state index is 3.13. The zero-order chi connectivity index (χ0) is 11.1. The zero-order valence-electron chi connectivity index (χ0n) is 5.50. The van der Waals surface area contributed by atoms with Crippen molar-refractivity contribution < 1.29 is 31.9 Å². The normalized spacial score (nSPS) is 18.1. The monoisotopic (exact) mass is 246 g/mol. The third kappa shape index (κ3) is 1.96. The summed E-state index contributed by atoms with van der Waals surface area (Å²) in [6.07, 6.45) is 0. The van der Waals surface area contributed by atoms with E-state index in [1.807, 2.05) is 0 Å². The van der Waals surface area contributed by atoms with E-state index in [2.05, 4.69) is 23.2 Å². The van der Waals surface area contributed by atoms with Gasteiger partial charge in [-0.3, -0.25) is 0 Å². The van der Waals surface area contributed by atoms with E-state index < -0.39 is 22.4 Å². The molecule has 0 aromatic heterocycles. The van der Waals surface area contributed by atoms with Gasteiger partial charge in [-0.2, -0.15) is 17.6 Å². The number of carboxylic acids is 1. The van der Waals surface area contributed by atoms with Crippen LogP contribution in [-0.4, -0.2) is 27.5 Å². The summed E-state index contributed by atoms with van der Waals surface area (Å²) in [6.45, 7) is 0. The number of halogens is 7. The standard InChI is InChI=1S/C4HCl2F5O2/c5-3(9,4(6,10)11)2(7,8)1(12)13/h(H,12,13)/t3-/m1/s1. The molecule has 0 aliphatic carbocycles. The van der Waals surface area contributed by atoms with Gasteiger partial charge in [0.2, 0.25) is 0 Å². The van der Waals surface area contributed by atoms with Crippen molar-refractivity contribution in [2.45, 2.75) is 16.4 Å². The van der Waals surface area contributed by atoms with Crippen molar-refractivity contribution in [1.82, 2.24) is 0 Å². The SMILES string of the molecule is O=C(O)C(F)(F)[C@](F)(Cl)C(F)(F)Cl. The summed E-state index contributed by atoms with van der Waals surface area (Å²) in [4.78, 5) is 9.65. The Hall–Kier alpha value is -0.300. The molecule has 0 saturated carbocycles. The number of hydrogen-bond donors (Lipinski definition) is 1. The van der Waals surface area contributed by atoms with Gasteiger partial charge >= 0.3 is 22.4 Å². The lowest BCUT2D eigenvalue weighted by molar-refractivity contribution is -0.201. The lowest BCUT2D eigenvalue weighted by atomic mass is 10.2. The highest BCUT2D eigenvalue weighted by Crippen LogP contribution is 2.49. The second-order valence-corrected chi connectivity index (χ2v) is 2.95. The van der Waals surface area contributed by atoms with Crippen LogP contribution in [0.1, 0.15) is 0 Å². The van der Waals surface area contributed by atoms with Gasteiger partial charge in [0.25, 0.3) is 0 Å². The zero-order valence-corrected chi connectivity index (χ0v) is 7.01. The molecule has 0 amide bonds. The first kappa shape index (κ1) is 12.7. The highest BCUT2D eigenvalue weighted by atomic mass is 35.5. The Morgan fingerprint density at radius 2 is 1.38 bits per heavy atom. The van der Waals surface area contributed by atoms with Crippen molar-refractivity contribution in [3.63, 3.8) is 0 Å². The summed E-state index contributed by atoms with van der Waals surface area (Å²) in [5.74, 6) is -8.62. The molecule has 0 aliphatic rings. The molecule has 0 rings (SSSR count). The van der Waals surface area contributed by atoms with Crippen LogP contribution in [0.3, 0.4) is 0 Å². The Morgan fingerprint density at radius 1 is 1.08 bits per heavy atom. The van der Waals surface area contributed by atoms with Crippen molar-refractivity contribution in [1.29, 1.82) is 0 Å². The highest BCUT2D eigenvalue weighted by Gasteiger charge is 2.73. The molecule has 78 valence electrons. The smallest absolute Gasteiger partial charge is 0.397 e. The van der Waals surface area contributed by atoms with Crippen molar-refractivity contribution in [3.05, 3.63) is 0 Å². The molecule has 0 heterocycles. The van der Waals surface area contributed by atoms with E-state index in [0.717, 1.165) is 0 Å². The van der Waals surface area contributed by atoms with Gasteiger partial charge in [-0.1, -0.05) is 11.6 Å². The molecule has 9 heteroatoms. The Bertz CT molecular complexity index is 223. The van der Waals surface area contributed by atoms with Crippen molar-refractivity contribution in [2.75, 3.05) is 0 Å². The second kappa shape index (κ2) is 3.13. The minimum atomic E-state index is -5.49. The van der Waals surface area contributed by atoms with Gasteiger partial charge < -0.3 is 5.11 Å². The van der Waals surface area contributed by atoms with Crippen LogP contribution < -0.4 is 0 Å². The van der Waals surface area contributed by atoms with Gasteiger partial charge in [0.1, 0.15) is 0 Å². The maximum absolute atomic E-state index is 12.4. The molecule has 13 heavy (non-hydrogen) atoms. The summed E-state index contributed by atoms with van der Waals surface area (Å²) in [5.41, 5.74) is 0. The van der Waals surface area contributed by atoms with Gasteiger partial charge in [-0.15, -0.1) is 0 Å². The molecular weight excluding hydrogens is 246 g/mol. The lowest BCUT2D eigenvalue weighted by Crippen LogP contribution is -2.54. The van der Waals surface area contributed by atoms with Gasteiger partial charge in [0.15, 0.2) is 0 Å². The number of hydrogen-bond acceptors (Lipinski definition) is 1. The minimum Gasteiger partial charge on any atom is -0.477 e. The molecule has 0 aromatic rings. The Balaban J connectivity index is 5.16. The summed E-state index contributed by atoms with van der Waals surface area (Å²) in [6, 6.07) is 0. The highest BCUT2D eigenvalue weighted by molar-refractivity contribution is 6.34. The summed E-state index contributed by atoms with van der Waals surface area (Å²) < 4.78 is 60.4. The number of rotatable bonds is 3. The topological polar surface area (TPSA) is 37.3 Å². The van der Waals surface area contributed by atoms with E-state index in [0.29, 0.717) is 0 Å². The molecule has 0 saturated heterocycles. The fourth-order valence-corrected chi connectivity index (χ4v) is 0.512. The first-order chi connectivity index (χ1) is 5.44. The van der Waals surface area contributed by atoms with E-state index in [9.17, 15) is 26.7 Å². The second-order valence-electron chi connectivity index (χ2n) is 1.95. The molecule has 0 radical (unpaired) electrons. The summed E-state index contributed by atoms with van der Waals surface area (Å²) in [5, 5.41) is -2.70. The number of alkyl halides is 7. The first-order valence-electron chi connectivity index (χ1n) is 2.50. The molecular formula is C4HCl2F5O2. The molecule has 1 N–H and O–H groups in total. The largest absolute Gasteiger partial charge is 0.477 e. The molecule has 0 fully saturated rings. The van der Waals surface area contributed by atoms with Gasteiger partial charge in [0.05, 0.1) is 0 Å². The maximum atomic E-state index is 12.4. The Kier molecular flexibility index (Phi) is 3.05. The average molecular weight is 247 g/mol. The fraction of sp³-hybridized carbons (Fsp3) is 0.750. The van der Waals surface area contributed by atoms with Crippen LogP contribution in [-0.2, 0) is 4.79 Å². The van der Waals surface area contributed by atoms with Crippen molar-refractivity contribution in [3.8, 4) is 0 Å². The lowest BCUT2D eigenvalue weighted by Gasteiger charge is -2.27. The Labute approximate surface area is 78.2 Å². The summed E-state index contributed by atoms with van der Waals surface area (Å²) >= 11 is 7.89. The van der Waals surface area contributed by atoms with Crippen LogP contribution in [0, 0.1) is 0 Å². The Morgan fingerprint density at radius 3 is 1.46 bits per heavy atom. The molecule has 0 spiro atoms. The molecule has 1 atom stereocenters. The predicted octanol–water partition coefficient (Wildman–Crippen LogP) is 2.44. The third-order valence-electron chi connectivity index (χ3n) is 1.02. The first-order valence-corrected chi connectivity index (χ1v) is 3.26. The van der Waals surface area contributed by atoms with E-state index in [-0.39, 0.29) is 0 Å². The van der Waals surface area contributed by atoms with E-state index in [4.69, 9.17) is 5.11 Å². The average Bonchev–Trinajstić information content (AvgIpc) is 1.84. The van der Waals surface area contributed by atoms with Gasteiger partial charge in [0, 0.05) is 0 Å². The number of carboxylic acid groups (broad SMARTS) is 1.